The molecule has 0 aliphatic carbocycles. The van der Waals surface area contributed by atoms with E-state index in [0.717, 1.165) is 28.3 Å². The number of anilines is 1. The van der Waals surface area contributed by atoms with Crippen LogP contribution in [0.1, 0.15) is 26.3 Å². The average Bonchev–Trinajstić information content (AvgIpc) is 3.05. The van der Waals surface area contributed by atoms with Crippen LogP contribution in [-0.4, -0.2) is 14.9 Å². The average molecular weight is 389 g/mol. The minimum atomic E-state index is -0.269. The van der Waals surface area contributed by atoms with E-state index >= 15 is 0 Å². The second-order valence-corrected chi connectivity index (χ2v) is 8.03. The van der Waals surface area contributed by atoms with Crippen LogP contribution in [0, 0.1) is 5.82 Å². The van der Waals surface area contributed by atoms with Gasteiger partial charge in [0.25, 0.3) is 0 Å². The van der Waals surface area contributed by atoms with E-state index in [1.54, 1.807) is 12.1 Å². The zero-order valence-corrected chi connectivity index (χ0v) is 16.8. The van der Waals surface area contributed by atoms with Gasteiger partial charge in [0, 0.05) is 17.3 Å². The van der Waals surface area contributed by atoms with E-state index in [0.29, 0.717) is 12.4 Å². The molecule has 0 atom stereocenters. The van der Waals surface area contributed by atoms with Gasteiger partial charge in [-0.05, 0) is 62.7 Å². The summed E-state index contributed by atoms with van der Waals surface area (Å²) in [6, 6.07) is 20.3. The van der Waals surface area contributed by atoms with Gasteiger partial charge in [-0.1, -0.05) is 30.3 Å². The Balaban J connectivity index is 1.79. The Morgan fingerprint density at radius 3 is 2.38 bits per heavy atom. The minimum Gasteiger partial charge on any atom is -0.485 e. The van der Waals surface area contributed by atoms with Crippen LogP contribution in [0.3, 0.4) is 0 Å². The fourth-order valence-electron chi connectivity index (χ4n) is 3.17. The maximum Gasteiger partial charge on any atom is 0.181 e. The van der Waals surface area contributed by atoms with E-state index < -0.39 is 0 Å². The number of nitrogens with zero attached hydrogens (tertiary/aromatic N) is 2. The number of fused-ring (bicyclic) bond motifs is 1. The molecule has 29 heavy (non-hydrogen) atoms. The molecule has 0 saturated carbocycles. The number of hydrogen-bond donors (Lipinski definition) is 1. The number of halogens is 1. The fraction of sp³-hybridized carbons (Fsp3) is 0.208. The third-order valence-corrected chi connectivity index (χ3v) is 4.46. The second kappa shape index (κ2) is 7.59. The molecule has 5 heteroatoms. The van der Waals surface area contributed by atoms with Crippen LogP contribution in [0.5, 0.6) is 5.75 Å². The molecule has 2 aromatic heterocycles. The minimum absolute atomic E-state index is 0.175. The lowest BCUT2D eigenvalue weighted by Gasteiger charge is -2.22. The van der Waals surface area contributed by atoms with Gasteiger partial charge in [0.2, 0.25) is 0 Å². The molecule has 1 N–H and O–H groups in total. The Morgan fingerprint density at radius 2 is 1.69 bits per heavy atom. The van der Waals surface area contributed by atoms with E-state index in [2.05, 4.69) is 26.1 Å². The number of aromatic nitrogens is 2. The highest BCUT2D eigenvalue weighted by atomic mass is 19.1. The quantitative estimate of drug-likeness (QED) is 0.460. The van der Waals surface area contributed by atoms with Crippen molar-refractivity contribution in [3.05, 3.63) is 84.3 Å². The summed E-state index contributed by atoms with van der Waals surface area (Å²) in [4.78, 5) is 4.86. The standard InChI is InChI=1S/C24H24FN3O/c1-24(2,3)27-23-21(18-11-13-19(25)14-12-18)26-22-20(10-7-15-28(22)23)29-16-17-8-5-4-6-9-17/h4-15,27H,16H2,1-3H3. The molecule has 0 amide bonds. The molecule has 0 unspecified atom stereocenters. The van der Waals surface area contributed by atoms with Gasteiger partial charge in [0.15, 0.2) is 11.4 Å². The maximum atomic E-state index is 13.4. The van der Waals surface area contributed by atoms with Gasteiger partial charge in [-0.25, -0.2) is 9.37 Å². The molecule has 0 aliphatic heterocycles. The van der Waals surface area contributed by atoms with Crippen LogP contribution in [0.4, 0.5) is 10.2 Å². The van der Waals surface area contributed by atoms with Crippen LogP contribution in [0.2, 0.25) is 0 Å². The van der Waals surface area contributed by atoms with Crippen molar-refractivity contribution < 1.29 is 9.13 Å². The number of pyridine rings is 1. The maximum absolute atomic E-state index is 13.4. The molecule has 0 radical (unpaired) electrons. The smallest absolute Gasteiger partial charge is 0.181 e. The monoisotopic (exact) mass is 389 g/mol. The number of rotatable bonds is 5. The Labute approximate surface area is 170 Å². The molecule has 0 saturated heterocycles. The predicted molar refractivity (Wildman–Crippen MR) is 115 cm³/mol. The highest BCUT2D eigenvalue weighted by Gasteiger charge is 2.21. The molecule has 0 aliphatic rings. The van der Waals surface area contributed by atoms with Gasteiger partial charge in [-0.2, -0.15) is 0 Å². The van der Waals surface area contributed by atoms with Gasteiger partial charge in [0.05, 0.1) is 0 Å². The molecule has 4 rings (SSSR count). The van der Waals surface area contributed by atoms with Crippen LogP contribution < -0.4 is 10.1 Å². The molecule has 148 valence electrons. The first-order valence-electron chi connectivity index (χ1n) is 9.63. The summed E-state index contributed by atoms with van der Waals surface area (Å²) >= 11 is 0. The molecule has 0 fully saturated rings. The van der Waals surface area contributed by atoms with Crippen LogP contribution in [0.15, 0.2) is 72.9 Å². The van der Waals surface area contributed by atoms with Gasteiger partial charge in [-0.3, -0.25) is 4.40 Å². The molecule has 0 bridgehead atoms. The Hall–Kier alpha value is -3.34. The van der Waals surface area contributed by atoms with Crippen molar-refractivity contribution in [2.75, 3.05) is 5.32 Å². The highest BCUT2D eigenvalue weighted by molar-refractivity contribution is 5.78. The normalized spacial score (nSPS) is 11.6. The predicted octanol–water partition coefficient (Wildman–Crippen LogP) is 5.93. The lowest BCUT2D eigenvalue weighted by Crippen LogP contribution is -2.27. The van der Waals surface area contributed by atoms with E-state index in [4.69, 9.17) is 9.72 Å². The first-order chi connectivity index (χ1) is 13.9. The Kier molecular flexibility index (Phi) is 4.97. The third-order valence-electron chi connectivity index (χ3n) is 4.46. The molecule has 2 aromatic carbocycles. The summed E-state index contributed by atoms with van der Waals surface area (Å²) in [5.41, 5.74) is 3.24. The second-order valence-electron chi connectivity index (χ2n) is 8.03. The summed E-state index contributed by atoms with van der Waals surface area (Å²) in [6.07, 6.45) is 1.96. The van der Waals surface area contributed by atoms with Crippen molar-refractivity contribution in [1.29, 1.82) is 0 Å². The Morgan fingerprint density at radius 1 is 0.966 bits per heavy atom. The van der Waals surface area contributed by atoms with E-state index in [9.17, 15) is 4.39 Å². The van der Waals surface area contributed by atoms with Crippen molar-refractivity contribution in [3.8, 4) is 17.0 Å². The molecular weight excluding hydrogens is 365 g/mol. The van der Waals surface area contributed by atoms with E-state index in [1.807, 2.05) is 53.1 Å². The van der Waals surface area contributed by atoms with Crippen molar-refractivity contribution in [2.45, 2.75) is 32.9 Å². The summed E-state index contributed by atoms with van der Waals surface area (Å²) in [6.45, 7) is 6.74. The number of imidazole rings is 1. The Bertz CT molecular complexity index is 1110. The molecule has 0 spiro atoms. The molecular formula is C24H24FN3O. The van der Waals surface area contributed by atoms with Gasteiger partial charge >= 0.3 is 0 Å². The molecule has 4 nitrogen and oxygen atoms in total. The SMILES string of the molecule is CC(C)(C)Nc1c(-c2ccc(F)cc2)nc2c(OCc3ccccc3)cccn12. The zero-order valence-electron chi connectivity index (χ0n) is 16.8. The summed E-state index contributed by atoms with van der Waals surface area (Å²) in [5.74, 6) is 1.28. The van der Waals surface area contributed by atoms with Crippen molar-refractivity contribution in [1.82, 2.24) is 9.38 Å². The first-order valence-corrected chi connectivity index (χ1v) is 9.63. The van der Waals surface area contributed by atoms with Crippen molar-refractivity contribution in [2.24, 2.45) is 0 Å². The topological polar surface area (TPSA) is 38.6 Å². The van der Waals surface area contributed by atoms with Crippen molar-refractivity contribution in [3.63, 3.8) is 0 Å². The molecule has 4 aromatic rings. The fourth-order valence-corrected chi connectivity index (χ4v) is 3.17. The summed E-state index contributed by atoms with van der Waals surface area (Å²) in [5, 5.41) is 3.54. The number of ether oxygens (including phenoxy) is 1. The van der Waals surface area contributed by atoms with E-state index in [1.165, 1.54) is 12.1 Å². The summed E-state index contributed by atoms with van der Waals surface area (Å²) < 4.78 is 21.5. The summed E-state index contributed by atoms with van der Waals surface area (Å²) in [7, 11) is 0. The van der Waals surface area contributed by atoms with Crippen molar-refractivity contribution >= 4 is 11.5 Å². The van der Waals surface area contributed by atoms with Crippen LogP contribution >= 0.6 is 0 Å². The lowest BCUT2D eigenvalue weighted by molar-refractivity contribution is 0.308. The third kappa shape index (κ3) is 4.24. The zero-order chi connectivity index (χ0) is 20.4. The lowest BCUT2D eigenvalue weighted by atomic mass is 10.1. The van der Waals surface area contributed by atoms with Crippen LogP contribution in [-0.2, 0) is 6.61 Å². The number of hydrogen-bond acceptors (Lipinski definition) is 3. The largest absolute Gasteiger partial charge is 0.485 e. The van der Waals surface area contributed by atoms with Crippen LogP contribution in [0.25, 0.3) is 16.9 Å². The number of benzene rings is 2. The van der Waals surface area contributed by atoms with Gasteiger partial charge in [0.1, 0.15) is 23.9 Å². The van der Waals surface area contributed by atoms with E-state index in [-0.39, 0.29) is 11.4 Å². The first kappa shape index (κ1) is 19.0. The highest BCUT2D eigenvalue weighted by Crippen LogP contribution is 2.34. The van der Waals surface area contributed by atoms with Gasteiger partial charge in [-0.15, -0.1) is 0 Å². The number of nitrogens with one attached hydrogen (secondary N) is 1. The molecule has 2 heterocycles. The van der Waals surface area contributed by atoms with Gasteiger partial charge < -0.3 is 10.1 Å².